The highest BCUT2D eigenvalue weighted by Crippen LogP contribution is 2.29. The lowest BCUT2D eigenvalue weighted by Crippen LogP contribution is -2.29. The van der Waals surface area contributed by atoms with Gasteiger partial charge in [0.1, 0.15) is 0 Å². The van der Waals surface area contributed by atoms with E-state index in [1.807, 2.05) is 0 Å². The molecular formula is C16H23N3O2. The summed E-state index contributed by atoms with van der Waals surface area (Å²) in [6, 6.07) is 6.99. The Morgan fingerprint density at radius 2 is 1.95 bits per heavy atom. The van der Waals surface area contributed by atoms with E-state index in [9.17, 15) is 9.59 Å². The van der Waals surface area contributed by atoms with Crippen molar-refractivity contribution in [1.29, 1.82) is 0 Å². The van der Waals surface area contributed by atoms with E-state index in [4.69, 9.17) is 5.73 Å². The molecule has 1 saturated carbocycles. The quantitative estimate of drug-likeness (QED) is 0.789. The van der Waals surface area contributed by atoms with Crippen LogP contribution in [0.5, 0.6) is 0 Å². The molecule has 1 aromatic rings. The maximum Gasteiger partial charge on any atom is 0.251 e. The van der Waals surface area contributed by atoms with Gasteiger partial charge in [-0.3, -0.25) is 9.59 Å². The molecule has 0 aromatic heterocycles. The smallest absolute Gasteiger partial charge is 0.251 e. The Morgan fingerprint density at radius 1 is 1.24 bits per heavy atom. The standard InChI is InChI=1S/C16H23N3O2/c1-18-15(20)13-3-2-4-14(9-13)19-16(21)12-7-5-11(10-17)6-8-12/h2-4,9,11-12H,5-8,10,17H2,1H3,(H,18,20)(H,19,21). The molecule has 0 aliphatic heterocycles. The molecule has 1 fully saturated rings. The van der Waals surface area contributed by atoms with Crippen LogP contribution < -0.4 is 16.4 Å². The van der Waals surface area contributed by atoms with Crippen molar-refractivity contribution in [3.8, 4) is 0 Å². The van der Waals surface area contributed by atoms with E-state index in [1.54, 1.807) is 31.3 Å². The van der Waals surface area contributed by atoms with Gasteiger partial charge in [0.25, 0.3) is 5.91 Å². The number of hydrogen-bond acceptors (Lipinski definition) is 3. The van der Waals surface area contributed by atoms with Gasteiger partial charge < -0.3 is 16.4 Å². The van der Waals surface area contributed by atoms with Gasteiger partial charge in [0, 0.05) is 24.2 Å². The summed E-state index contributed by atoms with van der Waals surface area (Å²) in [6.07, 6.45) is 3.82. The van der Waals surface area contributed by atoms with Crippen molar-refractivity contribution in [2.45, 2.75) is 25.7 Å². The number of amides is 2. The minimum Gasteiger partial charge on any atom is -0.355 e. The lowest BCUT2D eigenvalue weighted by molar-refractivity contribution is -0.121. The van der Waals surface area contributed by atoms with Crippen LogP contribution in [0.3, 0.4) is 0 Å². The van der Waals surface area contributed by atoms with Crippen LogP contribution in [0.1, 0.15) is 36.0 Å². The largest absolute Gasteiger partial charge is 0.355 e. The molecular weight excluding hydrogens is 266 g/mol. The van der Waals surface area contributed by atoms with Crippen molar-refractivity contribution in [3.05, 3.63) is 29.8 Å². The summed E-state index contributed by atoms with van der Waals surface area (Å²) in [4.78, 5) is 23.9. The minimum atomic E-state index is -0.158. The second-order valence-electron chi connectivity index (χ2n) is 5.60. The predicted molar refractivity (Wildman–Crippen MR) is 83.0 cm³/mol. The molecule has 0 saturated heterocycles. The first-order valence-electron chi connectivity index (χ1n) is 7.47. The zero-order chi connectivity index (χ0) is 15.2. The molecule has 1 aliphatic rings. The molecule has 0 atom stereocenters. The van der Waals surface area contributed by atoms with Gasteiger partial charge in [0.15, 0.2) is 0 Å². The van der Waals surface area contributed by atoms with E-state index in [1.165, 1.54) is 0 Å². The zero-order valence-corrected chi connectivity index (χ0v) is 12.4. The minimum absolute atomic E-state index is 0.0412. The summed E-state index contributed by atoms with van der Waals surface area (Å²) in [6.45, 7) is 0.711. The third-order valence-electron chi connectivity index (χ3n) is 4.17. The van der Waals surface area contributed by atoms with Crippen LogP contribution in [-0.4, -0.2) is 25.4 Å². The van der Waals surface area contributed by atoms with E-state index >= 15 is 0 Å². The van der Waals surface area contributed by atoms with Crippen molar-refractivity contribution in [3.63, 3.8) is 0 Å². The number of benzene rings is 1. The fourth-order valence-electron chi connectivity index (χ4n) is 2.79. The molecule has 114 valence electrons. The SMILES string of the molecule is CNC(=O)c1cccc(NC(=O)C2CCC(CN)CC2)c1. The molecule has 2 amide bonds. The number of carbonyl (C=O) groups excluding carboxylic acids is 2. The van der Waals surface area contributed by atoms with Crippen molar-refractivity contribution in [2.75, 3.05) is 18.9 Å². The molecule has 0 heterocycles. The summed E-state index contributed by atoms with van der Waals surface area (Å²) in [5.41, 5.74) is 6.88. The number of anilines is 1. The Kier molecular flexibility index (Phi) is 5.33. The summed E-state index contributed by atoms with van der Waals surface area (Å²) in [5.74, 6) is 0.496. The number of nitrogens with one attached hydrogen (secondary N) is 2. The molecule has 0 unspecified atom stereocenters. The number of carbonyl (C=O) groups is 2. The number of rotatable bonds is 4. The Labute approximate surface area is 125 Å². The first-order valence-corrected chi connectivity index (χ1v) is 7.47. The van der Waals surface area contributed by atoms with Crippen LogP contribution in [-0.2, 0) is 4.79 Å². The monoisotopic (exact) mass is 289 g/mol. The molecule has 1 aliphatic carbocycles. The highest BCUT2D eigenvalue weighted by atomic mass is 16.2. The normalized spacial score (nSPS) is 21.6. The van der Waals surface area contributed by atoms with Gasteiger partial charge in [-0.1, -0.05) is 6.07 Å². The van der Waals surface area contributed by atoms with Crippen LogP contribution >= 0.6 is 0 Å². The second-order valence-corrected chi connectivity index (χ2v) is 5.60. The van der Waals surface area contributed by atoms with Gasteiger partial charge in [0.05, 0.1) is 0 Å². The Balaban J connectivity index is 1.95. The van der Waals surface area contributed by atoms with E-state index in [-0.39, 0.29) is 17.7 Å². The van der Waals surface area contributed by atoms with Gasteiger partial charge in [-0.2, -0.15) is 0 Å². The summed E-state index contributed by atoms with van der Waals surface area (Å²) >= 11 is 0. The summed E-state index contributed by atoms with van der Waals surface area (Å²) < 4.78 is 0. The summed E-state index contributed by atoms with van der Waals surface area (Å²) in [7, 11) is 1.59. The highest BCUT2D eigenvalue weighted by molar-refractivity contribution is 5.97. The van der Waals surface area contributed by atoms with Gasteiger partial charge in [0.2, 0.25) is 5.91 Å². The molecule has 0 spiro atoms. The molecule has 5 heteroatoms. The molecule has 5 nitrogen and oxygen atoms in total. The van der Waals surface area contributed by atoms with Gasteiger partial charge in [-0.05, 0) is 56.3 Å². The lowest BCUT2D eigenvalue weighted by atomic mass is 9.81. The molecule has 0 radical (unpaired) electrons. The summed E-state index contributed by atoms with van der Waals surface area (Å²) in [5, 5.41) is 5.49. The zero-order valence-electron chi connectivity index (χ0n) is 12.4. The topological polar surface area (TPSA) is 84.2 Å². The molecule has 21 heavy (non-hydrogen) atoms. The van der Waals surface area contributed by atoms with Gasteiger partial charge in [-0.15, -0.1) is 0 Å². The average molecular weight is 289 g/mol. The Morgan fingerprint density at radius 3 is 2.57 bits per heavy atom. The molecule has 0 bridgehead atoms. The van der Waals surface area contributed by atoms with Crippen LogP contribution in [0.15, 0.2) is 24.3 Å². The number of nitrogens with two attached hydrogens (primary N) is 1. The van der Waals surface area contributed by atoms with Crippen molar-refractivity contribution in [2.24, 2.45) is 17.6 Å². The van der Waals surface area contributed by atoms with E-state index < -0.39 is 0 Å². The van der Waals surface area contributed by atoms with Gasteiger partial charge >= 0.3 is 0 Å². The maximum absolute atomic E-state index is 12.3. The average Bonchev–Trinajstić information content (AvgIpc) is 2.54. The van der Waals surface area contributed by atoms with Crippen LogP contribution in [0.4, 0.5) is 5.69 Å². The fraction of sp³-hybridized carbons (Fsp3) is 0.500. The van der Waals surface area contributed by atoms with Gasteiger partial charge in [-0.25, -0.2) is 0 Å². The van der Waals surface area contributed by atoms with Crippen LogP contribution in [0.25, 0.3) is 0 Å². The second kappa shape index (κ2) is 7.22. The van der Waals surface area contributed by atoms with E-state index in [0.717, 1.165) is 25.7 Å². The van der Waals surface area contributed by atoms with Crippen molar-refractivity contribution in [1.82, 2.24) is 5.32 Å². The van der Waals surface area contributed by atoms with Crippen LogP contribution in [0, 0.1) is 11.8 Å². The predicted octanol–water partition coefficient (Wildman–Crippen LogP) is 1.75. The molecule has 2 rings (SSSR count). The third kappa shape index (κ3) is 4.04. The Hall–Kier alpha value is -1.88. The van der Waals surface area contributed by atoms with E-state index in [2.05, 4.69) is 10.6 Å². The lowest BCUT2D eigenvalue weighted by Gasteiger charge is -2.26. The van der Waals surface area contributed by atoms with Crippen molar-refractivity contribution < 1.29 is 9.59 Å². The fourth-order valence-corrected chi connectivity index (χ4v) is 2.79. The molecule has 1 aromatic carbocycles. The first-order chi connectivity index (χ1) is 10.1. The number of hydrogen-bond donors (Lipinski definition) is 3. The Bertz CT molecular complexity index is 508. The maximum atomic E-state index is 12.3. The van der Waals surface area contributed by atoms with E-state index in [0.29, 0.717) is 23.7 Å². The van der Waals surface area contributed by atoms with Crippen molar-refractivity contribution >= 4 is 17.5 Å². The first kappa shape index (κ1) is 15.5. The van der Waals surface area contributed by atoms with Crippen LogP contribution in [0.2, 0.25) is 0 Å². The molecule has 4 N–H and O–H groups in total. The third-order valence-corrected chi connectivity index (χ3v) is 4.17. The highest BCUT2D eigenvalue weighted by Gasteiger charge is 2.25.